The van der Waals surface area contributed by atoms with E-state index in [1.165, 1.54) is 63.6 Å². The summed E-state index contributed by atoms with van der Waals surface area (Å²) in [6.45, 7) is 1.12. The second-order valence-corrected chi connectivity index (χ2v) is 12.7. The average molecular weight is 673 g/mol. The summed E-state index contributed by atoms with van der Waals surface area (Å²) < 4.78 is 74.0. The minimum atomic E-state index is -4.53. The molecular weight excluding hydrogens is 645 g/mol. The zero-order chi connectivity index (χ0) is 33.5. The number of aromatic nitrogens is 2. The number of carboxylic acid groups (broad SMARTS) is 1. The summed E-state index contributed by atoms with van der Waals surface area (Å²) in [5, 5.41) is 29.4. The van der Waals surface area contributed by atoms with Crippen LogP contribution in [0.3, 0.4) is 0 Å². The number of rotatable bonds is 8. The van der Waals surface area contributed by atoms with Gasteiger partial charge in [-0.05, 0) is 55.0 Å². The molecule has 1 saturated heterocycles. The highest BCUT2D eigenvalue weighted by molar-refractivity contribution is 7.89. The molecule has 47 heavy (non-hydrogen) atoms. The number of hydrogen-bond acceptors (Lipinski definition) is 9. The van der Waals surface area contributed by atoms with Crippen molar-refractivity contribution in [1.82, 2.24) is 19.0 Å². The van der Waals surface area contributed by atoms with Crippen LogP contribution in [0.15, 0.2) is 77.7 Å². The number of nitro groups is 1. The van der Waals surface area contributed by atoms with Crippen LogP contribution in [-0.4, -0.2) is 76.1 Å². The molecule has 246 valence electrons. The Labute approximate surface area is 266 Å². The Morgan fingerprint density at radius 3 is 2.36 bits per heavy atom. The van der Waals surface area contributed by atoms with Crippen molar-refractivity contribution in [2.45, 2.75) is 23.5 Å². The Morgan fingerprint density at radius 1 is 1.00 bits per heavy atom. The molecule has 0 amide bonds. The zero-order valence-electron chi connectivity index (χ0n) is 24.4. The van der Waals surface area contributed by atoms with Gasteiger partial charge >= 0.3 is 12.1 Å². The molecule has 1 fully saturated rings. The molecule has 2 aliphatic heterocycles. The third kappa shape index (κ3) is 6.24. The predicted molar refractivity (Wildman–Crippen MR) is 161 cm³/mol. The third-order valence-electron chi connectivity index (χ3n) is 8.02. The minimum absolute atomic E-state index is 0.0183. The lowest BCUT2D eigenvalue weighted by Gasteiger charge is -2.39. The lowest BCUT2D eigenvalue weighted by molar-refractivity contribution is -0.387. The normalized spacial score (nSPS) is 17.5. The Bertz CT molecular complexity index is 1940. The summed E-state index contributed by atoms with van der Waals surface area (Å²) >= 11 is 0. The van der Waals surface area contributed by atoms with Crippen molar-refractivity contribution < 1.29 is 41.2 Å². The fraction of sp³-hybridized carbons (Fsp3) is 0.267. The van der Waals surface area contributed by atoms with Crippen molar-refractivity contribution in [3.8, 4) is 17.2 Å². The molecule has 17 heteroatoms. The van der Waals surface area contributed by atoms with Gasteiger partial charge in [0.1, 0.15) is 17.2 Å². The van der Waals surface area contributed by atoms with E-state index >= 15 is 0 Å². The smallest absolute Gasteiger partial charge is 0.416 e. The largest absolute Gasteiger partial charge is 0.476 e. The summed E-state index contributed by atoms with van der Waals surface area (Å²) in [7, 11) is -4.14. The van der Waals surface area contributed by atoms with Gasteiger partial charge in [0.2, 0.25) is 10.0 Å². The van der Waals surface area contributed by atoms with Crippen molar-refractivity contribution in [2.75, 3.05) is 38.0 Å². The van der Waals surface area contributed by atoms with Crippen LogP contribution in [0.2, 0.25) is 0 Å². The average Bonchev–Trinajstić information content (AvgIpc) is 3.45. The Balaban J connectivity index is 1.22. The molecule has 2 aliphatic rings. The molecule has 0 radical (unpaired) electrons. The number of sulfonamides is 1. The van der Waals surface area contributed by atoms with E-state index in [0.29, 0.717) is 30.0 Å². The second-order valence-electron chi connectivity index (χ2n) is 10.8. The van der Waals surface area contributed by atoms with Gasteiger partial charge in [-0.25, -0.2) is 17.9 Å². The maximum atomic E-state index is 13.3. The van der Waals surface area contributed by atoms with E-state index in [1.807, 2.05) is 4.90 Å². The summed E-state index contributed by atoms with van der Waals surface area (Å²) in [5.41, 5.74) is -0.311. The second kappa shape index (κ2) is 12.3. The molecule has 0 aliphatic carbocycles. The van der Waals surface area contributed by atoms with Gasteiger partial charge in [-0.1, -0.05) is 18.2 Å². The van der Waals surface area contributed by atoms with E-state index in [-0.39, 0.29) is 54.3 Å². The lowest BCUT2D eigenvalue weighted by atomic mass is 10.0. The van der Waals surface area contributed by atoms with Crippen molar-refractivity contribution >= 4 is 27.4 Å². The highest BCUT2D eigenvalue weighted by atomic mass is 32.2. The van der Waals surface area contributed by atoms with Gasteiger partial charge in [0.25, 0.3) is 5.69 Å². The third-order valence-corrected chi connectivity index (χ3v) is 9.97. The number of nitrogens with zero attached hydrogens (tertiary/aromatic N) is 5. The Kier molecular flexibility index (Phi) is 8.37. The molecule has 0 unspecified atom stereocenters. The zero-order valence-corrected chi connectivity index (χ0v) is 25.2. The molecule has 1 aromatic heterocycles. The minimum Gasteiger partial charge on any atom is -0.476 e. The first-order valence-electron chi connectivity index (χ1n) is 14.4. The highest BCUT2D eigenvalue weighted by Crippen LogP contribution is 2.39. The van der Waals surface area contributed by atoms with Gasteiger partial charge in [0.15, 0.2) is 10.6 Å². The van der Waals surface area contributed by atoms with Crippen LogP contribution in [-0.2, 0) is 16.2 Å². The van der Waals surface area contributed by atoms with Crippen molar-refractivity contribution in [3.05, 3.63) is 99.9 Å². The van der Waals surface area contributed by atoms with Crippen LogP contribution in [0, 0.1) is 10.1 Å². The van der Waals surface area contributed by atoms with E-state index < -0.39 is 38.3 Å². The number of alkyl halides is 3. The molecule has 13 nitrogen and oxygen atoms in total. The van der Waals surface area contributed by atoms with Crippen molar-refractivity contribution in [2.24, 2.45) is 0 Å². The van der Waals surface area contributed by atoms with Gasteiger partial charge in [0.05, 0.1) is 27.9 Å². The quantitative estimate of drug-likeness (QED) is 0.189. The van der Waals surface area contributed by atoms with Crippen LogP contribution in [0.25, 0.3) is 5.69 Å². The maximum absolute atomic E-state index is 13.3. The highest BCUT2D eigenvalue weighted by Gasteiger charge is 2.39. The number of carbonyl (C=O) groups is 1. The molecule has 3 aromatic carbocycles. The molecule has 4 aromatic rings. The fourth-order valence-electron chi connectivity index (χ4n) is 5.80. The summed E-state index contributed by atoms with van der Waals surface area (Å²) in [6.07, 6.45) is -3.97. The van der Waals surface area contributed by atoms with Crippen LogP contribution in [0.4, 0.5) is 24.5 Å². The van der Waals surface area contributed by atoms with Gasteiger partial charge in [0, 0.05) is 38.8 Å². The van der Waals surface area contributed by atoms with Crippen molar-refractivity contribution in [1.29, 1.82) is 0 Å². The number of nitro benzene ring substituents is 1. The molecule has 0 spiro atoms. The lowest BCUT2D eigenvalue weighted by Crippen LogP contribution is -2.50. The number of para-hydroxylation sites is 1. The van der Waals surface area contributed by atoms with E-state index in [9.17, 15) is 41.6 Å². The summed E-state index contributed by atoms with van der Waals surface area (Å²) in [5.74, 6) is -1.03. The number of hydrogen-bond donors (Lipinski definition) is 2. The molecule has 0 saturated carbocycles. The first kappa shape index (κ1) is 32.0. The first-order valence-corrected chi connectivity index (χ1v) is 15.8. The number of benzene rings is 3. The van der Waals surface area contributed by atoms with Crippen LogP contribution < -0.4 is 10.1 Å². The summed E-state index contributed by atoms with van der Waals surface area (Å²) in [6, 6.07) is 15.3. The predicted octanol–water partition coefficient (Wildman–Crippen LogP) is 5.15. The maximum Gasteiger partial charge on any atom is 0.416 e. The van der Waals surface area contributed by atoms with Crippen LogP contribution >= 0.6 is 0 Å². The number of carboxylic acids is 1. The van der Waals surface area contributed by atoms with Crippen molar-refractivity contribution in [3.63, 3.8) is 0 Å². The summed E-state index contributed by atoms with van der Waals surface area (Å²) in [4.78, 5) is 24.8. The van der Waals surface area contributed by atoms with Crippen LogP contribution in [0.5, 0.6) is 11.5 Å². The van der Waals surface area contributed by atoms with E-state index in [2.05, 4.69) is 10.4 Å². The van der Waals surface area contributed by atoms with E-state index in [0.717, 1.165) is 18.2 Å². The van der Waals surface area contributed by atoms with Crippen LogP contribution in [0.1, 0.15) is 34.2 Å². The van der Waals surface area contributed by atoms with Gasteiger partial charge in [-0.15, -0.1) is 0 Å². The number of aromatic carboxylic acids is 1. The molecule has 1 atom stereocenters. The standard InChI is InChI=1S/C30H27F3N6O7S/c31-30(32,33)19-4-3-5-22(18-19)46-21-10-8-20(9-11-21)38-28(29(40)41)27-26(35-38)24(12-13-34-27)36-14-16-37(17-15-36)47(44,45)25-7-2-1-6-23(25)39(42)43/h1-11,18,24,34H,12-17H2,(H,40,41)/t24-/m1/s1. The SMILES string of the molecule is O=C(O)c1c2c(nn1-c1ccc(Oc3cccc(C(F)(F)F)c3)cc1)[C@H](N1CCN(S(=O)(=O)c3ccccc3[N+](=O)[O-])CC1)CCN2. The monoisotopic (exact) mass is 672 g/mol. The number of halogens is 3. The fourth-order valence-corrected chi connectivity index (χ4v) is 7.38. The van der Waals surface area contributed by atoms with Gasteiger partial charge < -0.3 is 15.2 Å². The Morgan fingerprint density at radius 2 is 1.70 bits per heavy atom. The first-order chi connectivity index (χ1) is 22.3. The van der Waals surface area contributed by atoms with Gasteiger partial charge in [-0.2, -0.15) is 22.6 Å². The molecular formula is C30H27F3N6O7S. The number of ether oxygens (including phenoxy) is 1. The van der Waals surface area contributed by atoms with Gasteiger partial charge in [-0.3, -0.25) is 15.0 Å². The molecule has 2 N–H and O–H groups in total. The van der Waals surface area contributed by atoms with E-state index in [4.69, 9.17) is 4.74 Å². The molecule has 0 bridgehead atoms. The Hall–Kier alpha value is -5.00. The molecule has 6 rings (SSSR count). The number of anilines is 1. The number of fused-ring (bicyclic) bond motifs is 1. The topological polar surface area (TPSA) is 160 Å². The van der Waals surface area contributed by atoms with E-state index in [1.54, 1.807) is 0 Å². The number of nitrogens with one attached hydrogen (secondary N) is 1. The number of piperazine rings is 1. The molecule has 3 heterocycles.